The minimum Gasteiger partial charge on any atom is -0.494 e. The quantitative estimate of drug-likeness (QED) is 0.310. The summed E-state index contributed by atoms with van der Waals surface area (Å²) in [6.45, 7) is 0. The highest BCUT2D eigenvalue weighted by molar-refractivity contribution is 7.13. The predicted octanol–water partition coefficient (Wildman–Crippen LogP) is 5.51. The van der Waals surface area contributed by atoms with Crippen LogP contribution in [0.5, 0.6) is 5.75 Å². The van der Waals surface area contributed by atoms with Crippen LogP contribution in [0.3, 0.4) is 0 Å². The molecule has 0 fully saturated rings. The van der Waals surface area contributed by atoms with E-state index in [-0.39, 0.29) is 11.8 Å². The number of pyridine rings is 1. The molecule has 0 aliphatic carbocycles. The van der Waals surface area contributed by atoms with Crippen molar-refractivity contribution in [2.45, 2.75) is 0 Å². The van der Waals surface area contributed by atoms with Gasteiger partial charge in [-0.25, -0.2) is 4.68 Å². The molecule has 0 saturated heterocycles. The van der Waals surface area contributed by atoms with Gasteiger partial charge < -0.3 is 15.4 Å². The molecule has 178 valence electrons. The van der Waals surface area contributed by atoms with Gasteiger partial charge in [-0.1, -0.05) is 24.3 Å². The van der Waals surface area contributed by atoms with Crippen molar-refractivity contribution in [3.8, 4) is 22.0 Å². The van der Waals surface area contributed by atoms with E-state index in [9.17, 15) is 9.59 Å². The van der Waals surface area contributed by atoms with Gasteiger partial charge in [0.25, 0.3) is 11.8 Å². The molecule has 0 aliphatic rings. The highest BCUT2D eigenvalue weighted by atomic mass is 32.1. The third-order valence-corrected chi connectivity index (χ3v) is 6.24. The fraction of sp³-hybridized carbons (Fsp3) is 0.0370. The van der Waals surface area contributed by atoms with Gasteiger partial charge in [0.05, 0.1) is 34.5 Å². The second-order valence-electron chi connectivity index (χ2n) is 7.71. The molecule has 2 amide bonds. The summed E-state index contributed by atoms with van der Waals surface area (Å²) in [5.74, 6) is -0.217. The molecule has 2 N–H and O–H groups in total. The standard InChI is InChI=1S/C27H21N5O3S/c1-35-23-15-19(11-12-22(23)30-26(33)18-7-5-13-28-16-18)29-27(34)21-17-32(20-8-3-2-4-9-20)31-25(21)24-10-6-14-36-24/h2-17H,1H3,(H,29,34)(H,30,33). The van der Waals surface area contributed by atoms with E-state index in [1.807, 2.05) is 47.8 Å². The molecular formula is C27H21N5O3S. The molecule has 5 rings (SSSR count). The summed E-state index contributed by atoms with van der Waals surface area (Å²) in [4.78, 5) is 30.7. The molecule has 0 saturated carbocycles. The van der Waals surface area contributed by atoms with Crippen LogP contribution in [0.15, 0.2) is 96.8 Å². The molecule has 3 heterocycles. The first-order chi connectivity index (χ1) is 17.6. The van der Waals surface area contributed by atoms with Crippen molar-refractivity contribution in [1.82, 2.24) is 14.8 Å². The van der Waals surface area contributed by atoms with Crippen LogP contribution in [0.1, 0.15) is 20.7 Å². The van der Waals surface area contributed by atoms with Crippen molar-refractivity contribution >= 4 is 34.5 Å². The predicted molar refractivity (Wildman–Crippen MR) is 140 cm³/mol. The maximum atomic E-state index is 13.3. The topological polar surface area (TPSA) is 98.1 Å². The Bertz CT molecular complexity index is 1500. The monoisotopic (exact) mass is 495 g/mol. The number of carbonyl (C=O) groups is 2. The molecule has 0 unspecified atom stereocenters. The smallest absolute Gasteiger partial charge is 0.259 e. The number of rotatable bonds is 7. The number of para-hydroxylation sites is 1. The van der Waals surface area contributed by atoms with Crippen LogP contribution < -0.4 is 15.4 Å². The summed E-state index contributed by atoms with van der Waals surface area (Å²) < 4.78 is 7.15. The average Bonchev–Trinajstić information content (AvgIpc) is 3.61. The average molecular weight is 496 g/mol. The zero-order valence-electron chi connectivity index (χ0n) is 19.2. The fourth-order valence-electron chi connectivity index (χ4n) is 3.61. The maximum absolute atomic E-state index is 13.3. The van der Waals surface area contributed by atoms with Crippen LogP contribution in [0.4, 0.5) is 11.4 Å². The van der Waals surface area contributed by atoms with E-state index in [4.69, 9.17) is 4.74 Å². The number of carbonyl (C=O) groups excluding carboxylic acids is 2. The van der Waals surface area contributed by atoms with Gasteiger partial charge in [0, 0.05) is 30.3 Å². The number of amides is 2. The zero-order valence-corrected chi connectivity index (χ0v) is 20.0. The van der Waals surface area contributed by atoms with Gasteiger partial charge in [-0.15, -0.1) is 11.3 Å². The van der Waals surface area contributed by atoms with Crippen molar-refractivity contribution in [1.29, 1.82) is 0 Å². The van der Waals surface area contributed by atoms with Gasteiger partial charge in [-0.05, 0) is 47.8 Å². The van der Waals surface area contributed by atoms with E-state index in [1.165, 1.54) is 24.6 Å². The lowest BCUT2D eigenvalue weighted by Gasteiger charge is -2.12. The number of thiophene rings is 1. The van der Waals surface area contributed by atoms with Crippen LogP contribution in [-0.4, -0.2) is 33.7 Å². The van der Waals surface area contributed by atoms with Gasteiger partial charge in [0.2, 0.25) is 0 Å². The largest absolute Gasteiger partial charge is 0.494 e. The Morgan fingerprint density at radius 2 is 1.81 bits per heavy atom. The number of methoxy groups -OCH3 is 1. The molecule has 3 aromatic heterocycles. The fourth-order valence-corrected chi connectivity index (χ4v) is 4.33. The third-order valence-electron chi connectivity index (χ3n) is 5.37. The van der Waals surface area contributed by atoms with Crippen molar-refractivity contribution in [3.05, 3.63) is 108 Å². The minimum atomic E-state index is -0.313. The third kappa shape index (κ3) is 4.86. The van der Waals surface area contributed by atoms with Crippen LogP contribution in [0.25, 0.3) is 16.3 Å². The molecule has 0 radical (unpaired) electrons. The van der Waals surface area contributed by atoms with Crippen LogP contribution >= 0.6 is 11.3 Å². The van der Waals surface area contributed by atoms with Gasteiger partial charge in [-0.3, -0.25) is 14.6 Å². The SMILES string of the molecule is COc1cc(NC(=O)c2cn(-c3ccccc3)nc2-c2cccs2)ccc1NC(=O)c1cccnc1. The Hall–Kier alpha value is -4.76. The van der Waals surface area contributed by atoms with E-state index in [0.717, 1.165) is 10.6 Å². The van der Waals surface area contributed by atoms with Gasteiger partial charge >= 0.3 is 0 Å². The molecular weight excluding hydrogens is 474 g/mol. The lowest BCUT2D eigenvalue weighted by molar-refractivity contribution is 0.101. The number of anilines is 2. The Morgan fingerprint density at radius 3 is 2.53 bits per heavy atom. The molecule has 2 aromatic carbocycles. The number of benzene rings is 2. The van der Waals surface area contributed by atoms with Gasteiger partial charge in [0.15, 0.2) is 0 Å². The summed E-state index contributed by atoms with van der Waals surface area (Å²) in [6.07, 6.45) is 4.80. The lowest BCUT2D eigenvalue weighted by Crippen LogP contribution is -2.14. The Morgan fingerprint density at radius 1 is 0.944 bits per heavy atom. The molecule has 8 nitrogen and oxygen atoms in total. The summed E-state index contributed by atoms with van der Waals surface area (Å²) in [6, 6.07) is 21.9. The number of aromatic nitrogens is 3. The van der Waals surface area contributed by atoms with Crippen molar-refractivity contribution in [3.63, 3.8) is 0 Å². The van der Waals surface area contributed by atoms with E-state index >= 15 is 0 Å². The Kier molecular flexibility index (Phi) is 6.55. The maximum Gasteiger partial charge on any atom is 0.259 e. The number of nitrogens with zero attached hydrogens (tertiary/aromatic N) is 3. The number of nitrogens with one attached hydrogen (secondary N) is 2. The zero-order chi connectivity index (χ0) is 24.9. The van der Waals surface area contributed by atoms with E-state index < -0.39 is 0 Å². The summed E-state index contributed by atoms with van der Waals surface area (Å²) in [5.41, 5.74) is 3.30. The van der Waals surface area contributed by atoms with Gasteiger partial charge in [0.1, 0.15) is 11.4 Å². The highest BCUT2D eigenvalue weighted by Crippen LogP contribution is 2.31. The number of ether oxygens (including phenoxy) is 1. The van der Waals surface area contributed by atoms with E-state index in [0.29, 0.717) is 33.9 Å². The first-order valence-electron chi connectivity index (χ1n) is 11.0. The molecule has 0 spiro atoms. The van der Waals surface area contributed by atoms with Crippen LogP contribution in [0, 0.1) is 0 Å². The highest BCUT2D eigenvalue weighted by Gasteiger charge is 2.20. The molecule has 0 aliphatic heterocycles. The molecule has 9 heteroatoms. The van der Waals surface area contributed by atoms with E-state index in [1.54, 1.807) is 47.4 Å². The first kappa shape index (κ1) is 23.0. The van der Waals surface area contributed by atoms with Gasteiger partial charge in [-0.2, -0.15) is 5.10 Å². The first-order valence-corrected chi connectivity index (χ1v) is 11.9. The molecule has 0 atom stereocenters. The molecule has 5 aromatic rings. The van der Waals surface area contributed by atoms with Crippen molar-refractivity contribution in [2.75, 3.05) is 17.7 Å². The number of hydrogen-bond donors (Lipinski definition) is 2. The van der Waals surface area contributed by atoms with Crippen molar-refractivity contribution in [2.24, 2.45) is 0 Å². The summed E-state index contributed by atoms with van der Waals surface area (Å²) >= 11 is 1.51. The van der Waals surface area contributed by atoms with Crippen molar-refractivity contribution < 1.29 is 14.3 Å². The summed E-state index contributed by atoms with van der Waals surface area (Å²) in [5, 5.41) is 12.4. The van der Waals surface area contributed by atoms with Crippen LogP contribution in [-0.2, 0) is 0 Å². The Labute approximate surface area is 211 Å². The second kappa shape index (κ2) is 10.2. The second-order valence-corrected chi connectivity index (χ2v) is 8.66. The lowest BCUT2D eigenvalue weighted by atomic mass is 10.2. The van der Waals surface area contributed by atoms with E-state index in [2.05, 4.69) is 20.7 Å². The molecule has 0 bridgehead atoms. The minimum absolute atomic E-state index is 0.310. The normalized spacial score (nSPS) is 10.6. The van der Waals surface area contributed by atoms with Crippen LogP contribution in [0.2, 0.25) is 0 Å². The molecule has 36 heavy (non-hydrogen) atoms. The Balaban J connectivity index is 1.40. The summed E-state index contributed by atoms with van der Waals surface area (Å²) in [7, 11) is 1.50. The number of hydrogen-bond acceptors (Lipinski definition) is 6.